The fourth-order valence-corrected chi connectivity index (χ4v) is 3.76. The van der Waals surface area contributed by atoms with Gasteiger partial charge in [-0.3, -0.25) is 9.97 Å². The quantitative estimate of drug-likeness (QED) is 0.287. The van der Waals surface area contributed by atoms with Gasteiger partial charge in [0.1, 0.15) is 12.4 Å². The van der Waals surface area contributed by atoms with E-state index in [9.17, 15) is 4.39 Å². The Labute approximate surface area is 186 Å². The molecule has 0 aromatic carbocycles. The lowest BCUT2D eigenvalue weighted by atomic mass is 10.1. The second kappa shape index (κ2) is 8.90. The van der Waals surface area contributed by atoms with Crippen LogP contribution in [0, 0.1) is 5.95 Å². The van der Waals surface area contributed by atoms with Crippen molar-refractivity contribution in [2.45, 2.75) is 6.73 Å². The molecule has 0 saturated heterocycles. The Kier molecular flexibility index (Phi) is 6.22. The first-order valence-corrected chi connectivity index (χ1v) is 13.1. The molecule has 4 heterocycles. The van der Waals surface area contributed by atoms with Crippen molar-refractivity contribution in [3.63, 3.8) is 0 Å². The lowest BCUT2D eigenvalue weighted by Crippen LogP contribution is -2.10. The summed E-state index contributed by atoms with van der Waals surface area (Å²) >= 11 is 5.82. The predicted octanol–water partition coefficient (Wildman–Crippen LogP) is 5.02. The molecule has 6 nitrogen and oxygen atoms in total. The molecular formula is C22H23ClFN5OS. The van der Waals surface area contributed by atoms with Crippen LogP contribution in [0.5, 0.6) is 0 Å². The monoisotopic (exact) mass is 459 g/mol. The highest BCUT2D eigenvalue weighted by Crippen LogP contribution is 2.34. The van der Waals surface area contributed by atoms with E-state index in [-0.39, 0.29) is 11.8 Å². The van der Waals surface area contributed by atoms with E-state index in [1.807, 2.05) is 18.2 Å². The van der Waals surface area contributed by atoms with Gasteiger partial charge in [-0.25, -0.2) is 19.7 Å². The zero-order chi connectivity index (χ0) is 22.0. The van der Waals surface area contributed by atoms with E-state index in [4.69, 9.17) is 16.3 Å². The molecule has 0 spiro atoms. The first-order chi connectivity index (χ1) is 14.8. The molecule has 0 radical (unpaired) electrons. The summed E-state index contributed by atoms with van der Waals surface area (Å²) in [5.41, 5.74) is 3.34. The zero-order valence-electron chi connectivity index (χ0n) is 17.5. The van der Waals surface area contributed by atoms with Gasteiger partial charge >= 0.3 is 0 Å². The van der Waals surface area contributed by atoms with E-state index in [1.165, 1.54) is 6.07 Å². The number of rotatable bonds is 7. The molecule has 162 valence electrons. The van der Waals surface area contributed by atoms with Crippen LogP contribution in [0.15, 0.2) is 48.9 Å². The highest BCUT2D eigenvalue weighted by atomic mass is 35.5. The molecule has 0 aliphatic heterocycles. The van der Waals surface area contributed by atoms with E-state index in [0.29, 0.717) is 18.0 Å². The van der Waals surface area contributed by atoms with E-state index >= 15 is 0 Å². The number of aromatic nitrogens is 5. The van der Waals surface area contributed by atoms with Crippen LogP contribution in [0.3, 0.4) is 0 Å². The molecule has 0 unspecified atom stereocenters. The maximum Gasteiger partial charge on any atom is 0.232 e. The summed E-state index contributed by atoms with van der Waals surface area (Å²) in [7, 11) is -0.641. The number of hydrogen-bond acceptors (Lipinski definition) is 5. The molecule has 0 fully saturated rings. The van der Waals surface area contributed by atoms with Crippen LogP contribution in [-0.2, 0) is 11.5 Å². The molecule has 0 amide bonds. The minimum absolute atomic E-state index is 0.0294. The molecule has 0 saturated carbocycles. The number of hydrogen-bond donors (Lipinski definition) is 0. The van der Waals surface area contributed by atoms with Crippen LogP contribution >= 0.6 is 21.6 Å². The van der Waals surface area contributed by atoms with Crippen LogP contribution < -0.4 is 0 Å². The highest BCUT2D eigenvalue weighted by Gasteiger charge is 2.17. The molecule has 4 aromatic rings. The molecule has 9 heteroatoms. The summed E-state index contributed by atoms with van der Waals surface area (Å²) in [5, 5.41) is 5.44. The largest absolute Gasteiger partial charge is 0.358 e. The Morgan fingerprint density at radius 3 is 2.68 bits per heavy atom. The summed E-state index contributed by atoms with van der Waals surface area (Å²) < 4.78 is 21.7. The fourth-order valence-electron chi connectivity index (χ4n) is 3.04. The number of halogens is 2. The van der Waals surface area contributed by atoms with Crippen molar-refractivity contribution >= 4 is 32.5 Å². The first kappa shape index (κ1) is 21.7. The normalized spacial score (nSPS) is 12.4. The van der Waals surface area contributed by atoms with E-state index in [1.54, 1.807) is 29.3 Å². The first-order valence-electron chi connectivity index (χ1n) is 9.65. The van der Waals surface area contributed by atoms with Crippen molar-refractivity contribution in [2.75, 3.05) is 31.1 Å². The van der Waals surface area contributed by atoms with Gasteiger partial charge in [-0.1, -0.05) is 11.6 Å². The van der Waals surface area contributed by atoms with Gasteiger partial charge in [0.05, 0.1) is 34.7 Å². The van der Waals surface area contributed by atoms with Gasteiger partial charge in [0.15, 0.2) is 0 Å². The topological polar surface area (TPSA) is 65.7 Å². The second-order valence-corrected chi connectivity index (χ2v) is 13.0. The van der Waals surface area contributed by atoms with Gasteiger partial charge in [0.2, 0.25) is 5.95 Å². The second-order valence-electron chi connectivity index (χ2n) is 7.98. The van der Waals surface area contributed by atoms with E-state index < -0.39 is 16.0 Å². The number of ether oxygens (including phenoxy) is 1. The summed E-state index contributed by atoms with van der Waals surface area (Å²) in [6.07, 6.45) is 12.0. The average Bonchev–Trinajstić information content (AvgIpc) is 3.11. The number of nitrogens with zero attached hydrogens (tertiary/aromatic N) is 5. The smallest absolute Gasteiger partial charge is 0.232 e. The van der Waals surface area contributed by atoms with Crippen LogP contribution in [0.25, 0.3) is 33.5 Å². The molecule has 0 bridgehead atoms. The van der Waals surface area contributed by atoms with Gasteiger partial charge in [-0.05, 0) is 49.1 Å². The van der Waals surface area contributed by atoms with E-state index in [2.05, 4.69) is 38.8 Å². The Balaban J connectivity index is 1.75. The lowest BCUT2D eigenvalue weighted by molar-refractivity contribution is 0.0842. The van der Waals surface area contributed by atoms with Crippen LogP contribution in [-0.4, -0.2) is 55.9 Å². The minimum Gasteiger partial charge on any atom is -0.358 e. The standard InChI is InChI=1S/C22H23ClFN5OS/c1-31(2,3)10-9-30-14-29-20-13-26-19(15-5-4-8-25-12-15)11-16(20)21(28-29)18-7-6-17(23)22(24)27-18/h4-8,11-13H,9-10,14H2,1-3H3. The minimum atomic E-state index is -0.729. The average molecular weight is 460 g/mol. The lowest BCUT2D eigenvalue weighted by Gasteiger charge is -2.24. The maximum absolute atomic E-state index is 14.1. The van der Waals surface area contributed by atoms with Gasteiger partial charge < -0.3 is 4.74 Å². The summed E-state index contributed by atoms with van der Waals surface area (Å²) in [6.45, 7) is 0.917. The van der Waals surface area contributed by atoms with Crippen molar-refractivity contribution in [1.82, 2.24) is 24.7 Å². The van der Waals surface area contributed by atoms with Crippen molar-refractivity contribution in [3.8, 4) is 22.6 Å². The van der Waals surface area contributed by atoms with Crippen LogP contribution in [0.4, 0.5) is 4.39 Å². The third-order valence-corrected chi connectivity index (χ3v) is 6.37. The van der Waals surface area contributed by atoms with Crippen LogP contribution in [0.2, 0.25) is 5.02 Å². The molecule has 0 aliphatic carbocycles. The molecule has 4 rings (SSSR count). The number of fused-ring (bicyclic) bond motifs is 1. The van der Waals surface area contributed by atoms with Crippen molar-refractivity contribution < 1.29 is 9.13 Å². The predicted molar refractivity (Wildman–Crippen MR) is 125 cm³/mol. The third-order valence-electron chi connectivity index (χ3n) is 4.69. The molecular weight excluding hydrogens is 437 g/mol. The summed E-state index contributed by atoms with van der Waals surface area (Å²) in [5.74, 6) is 0.277. The van der Waals surface area contributed by atoms with Gasteiger partial charge in [0, 0.05) is 29.1 Å². The highest BCUT2D eigenvalue weighted by molar-refractivity contribution is 8.32. The fraction of sp³-hybridized carbons (Fsp3) is 0.273. The Morgan fingerprint density at radius 1 is 1.13 bits per heavy atom. The van der Waals surface area contributed by atoms with Gasteiger partial charge in [-0.15, -0.1) is 0 Å². The zero-order valence-corrected chi connectivity index (χ0v) is 19.1. The molecule has 31 heavy (non-hydrogen) atoms. The molecule has 0 atom stereocenters. The Bertz CT molecular complexity index is 1210. The SMILES string of the molecule is CS(C)(C)CCOCn1nc(-c2ccc(Cl)c(F)n2)c2cc(-c3cccnc3)ncc21. The molecule has 4 aromatic heterocycles. The Morgan fingerprint density at radius 2 is 1.97 bits per heavy atom. The molecule has 0 aliphatic rings. The summed E-state index contributed by atoms with van der Waals surface area (Å²) in [6, 6.07) is 8.84. The Hall–Kier alpha value is -2.55. The van der Waals surface area contributed by atoms with Crippen molar-refractivity contribution in [1.29, 1.82) is 0 Å². The van der Waals surface area contributed by atoms with Crippen molar-refractivity contribution in [3.05, 3.63) is 59.9 Å². The van der Waals surface area contributed by atoms with Gasteiger partial charge in [0.25, 0.3) is 0 Å². The summed E-state index contributed by atoms with van der Waals surface area (Å²) in [4.78, 5) is 12.7. The molecule has 0 N–H and O–H groups in total. The number of pyridine rings is 3. The van der Waals surface area contributed by atoms with Crippen LogP contribution in [0.1, 0.15) is 0 Å². The van der Waals surface area contributed by atoms with E-state index in [0.717, 1.165) is 27.9 Å². The van der Waals surface area contributed by atoms with Gasteiger partial charge in [-0.2, -0.15) is 9.49 Å². The maximum atomic E-state index is 14.1. The third kappa shape index (κ3) is 5.03. The van der Waals surface area contributed by atoms with Crippen molar-refractivity contribution in [2.24, 2.45) is 0 Å².